The van der Waals surface area contributed by atoms with Gasteiger partial charge >= 0.3 is 0 Å². The summed E-state index contributed by atoms with van der Waals surface area (Å²) in [4.78, 5) is 21.4. The molecule has 0 bridgehead atoms. The number of carbonyl (C=O) groups is 2. The molecule has 0 aliphatic rings. The molecule has 0 aromatic carbocycles. The molecule has 3 nitrogen and oxygen atoms in total. The molecule has 0 heterocycles. The fourth-order valence-electron chi connectivity index (χ4n) is 0.816. The van der Waals surface area contributed by atoms with Gasteiger partial charge in [-0.1, -0.05) is 19.8 Å². The van der Waals surface area contributed by atoms with E-state index in [2.05, 4.69) is 0 Å². The van der Waals surface area contributed by atoms with Gasteiger partial charge in [-0.15, -0.1) is 0 Å². The summed E-state index contributed by atoms with van der Waals surface area (Å²) in [5.74, 6) is -0.882. The first kappa shape index (κ1) is 10.3. The minimum absolute atomic E-state index is 0.436. The van der Waals surface area contributed by atoms with Crippen molar-refractivity contribution in [3.8, 4) is 0 Å². The molecule has 0 saturated carbocycles. The lowest BCUT2D eigenvalue weighted by molar-refractivity contribution is -0.136. The van der Waals surface area contributed by atoms with Gasteiger partial charge in [-0.05, 0) is 6.42 Å². The van der Waals surface area contributed by atoms with E-state index in [-0.39, 0.29) is 0 Å². The van der Waals surface area contributed by atoms with Crippen LogP contribution >= 0.6 is 0 Å². The average Bonchev–Trinajstić information content (AvgIpc) is 1.98. The first-order valence-corrected chi connectivity index (χ1v) is 3.90. The van der Waals surface area contributed by atoms with E-state index in [1.807, 2.05) is 6.92 Å². The van der Waals surface area contributed by atoms with Crippen molar-refractivity contribution in [2.24, 2.45) is 5.73 Å². The molecule has 0 rings (SSSR count). The quantitative estimate of drug-likeness (QED) is 0.596. The van der Waals surface area contributed by atoms with E-state index in [9.17, 15) is 9.59 Å². The second kappa shape index (κ2) is 5.02. The molecule has 2 N–H and O–H groups in total. The lowest BCUT2D eigenvalue weighted by Gasteiger charge is -2.05. The van der Waals surface area contributed by atoms with E-state index in [0.29, 0.717) is 6.42 Å². The summed E-state index contributed by atoms with van der Waals surface area (Å²) in [6.45, 7) is 3.28. The fraction of sp³-hybridized carbons (Fsp3) is 0.750. The van der Waals surface area contributed by atoms with Crippen LogP contribution < -0.4 is 5.73 Å². The lowest BCUT2D eigenvalue weighted by Crippen LogP contribution is -2.34. The Hall–Kier alpha value is -0.700. The SMILES string of the molecule is CCCCC(N)C(=O)C(C)=O. The largest absolute Gasteiger partial charge is 0.321 e. The van der Waals surface area contributed by atoms with E-state index >= 15 is 0 Å². The van der Waals surface area contributed by atoms with E-state index in [0.717, 1.165) is 12.8 Å². The Kier molecular flexibility index (Phi) is 4.70. The summed E-state index contributed by atoms with van der Waals surface area (Å²) in [7, 11) is 0. The number of Topliss-reactive ketones (excluding diaryl/α,β-unsaturated/α-hetero) is 2. The van der Waals surface area contributed by atoms with Crippen molar-refractivity contribution in [2.45, 2.75) is 39.2 Å². The van der Waals surface area contributed by atoms with Gasteiger partial charge in [0.05, 0.1) is 6.04 Å². The van der Waals surface area contributed by atoms with Crippen molar-refractivity contribution < 1.29 is 9.59 Å². The molecule has 0 spiro atoms. The number of nitrogens with two attached hydrogens (primary N) is 1. The fourth-order valence-corrected chi connectivity index (χ4v) is 0.816. The maximum atomic E-state index is 10.9. The predicted molar refractivity (Wildman–Crippen MR) is 43.2 cm³/mol. The van der Waals surface area contributed by atoms with Crippen molar-refractivity contribution in [1.82, 2.24) is 0 Å². The minimum atomic E-state index is -0.576. The maximum Gasteiger partial charge on any atom is 0.214 e. The Morgan fingerprint density at radius 1 is 1.45 bits per heavy atom. The average molecular weight is 157 g/mol. The minimum Gasteiger partial charge on any atom is -0.321 e. The number of ketones is 2. The van der Waals surface area contributed by atoms with E-state index < -0.39 is 17.6 Å². The summed E-state index contributed by atoms with van der Waals surface area (Å²) < 4.78 is 0. The highest BCUT2D eigenvalue weighted by Gasteiger charge is 2.16. The van der Waals surface area contributed by atoms with Crippen molar-refractivity contribution in [2.75, 3.05) is 0 Å². The third kappa shape index (κ3) is 3.88. The molecule has 0 aromatic rings. The zero-order valence-corrected chi connectivity index (χ0v) is 7.09. The summed E-state index contributed by atoms with van der Waals surface area (Å²) in [6, 6.07) is -0.576. The third-order valence-corrected chi connectivity index (χ3v) is 1.55. The molecule has 0 saturated heterocycles. The van der Waals surface area contributed by atoms with Crippen LogP contribution in [0.4, 0.5) is 0 Å². The highest BCUT2D eigenvalue weighted by atomic mass is 16.2. The van der Waals surface area contributed by atoms with Crippen LogP contribution in [0.15, 0.2) is 0 Å². The molecule has 0 fully saturated rings. The van der Waals surface area contributed by atoms with Crippen molar-refractivity contribution >= 4 is 11.6 Å². The predicted octanol–water partition coefficient (Wildman–Crippen LogP) is 0.662. The Morgan fingerprint density at radius 2 is 2.00 bits per heavy atom. The highest BCUT2D eigenvalue weighted by molar-refractivity contribution is 6.38. The Balaban J connectivity index is 3.73. The van der Waals surface area contributed by atoms with Crippen LogP contribution in [0, 0.1) is 0 Å². The zero-order valence-electron chi connectivity index (χ0n) is 7.09. The summed E-state index contributed by atoms with van der Waals surface area (Å²) in [5.41, 5.74) is 5.43. The van der Waals surface area contributed by atoms with Crippen LogP contribution in [0.3, 0.4) is 0 Å². The van der Waals surface area contributed by atoms with Gasteiger partial charge in [-0.3, -0.25) is 9.59 Å². The van der Waals surface area contributed by atoms with E-state index in [1.165, 1.54) is 6.92 Å². The van der Waals surface area contributed by atoms with Crippen LogP contribution in [-0.4, -0.2) is 17.6 Å². The summed E-state index contributed by atoms with van der Waals surface area (Å²) in [5, 5.41) is 0. The Morgan fingerprint density at radius 3 is 2.36 bits per heavy atom. The van der Waals surface area contributed by atoms with Gasteiger partial charge in [0.15, 0.2) is 5.78 Å². The molecule has 1 atom stereocenters. The first-order chi connectivity index (χ1) is 5.09. The van der Waals surface area contributed by atoms with Crippen LogP contribution in [0.5, 0.6) is 0 Å². The molecule has 0 aromatic heterocycles. The highest BCUT2D eigenvalue weighted by Crippen LogP contribution is 1.99. The van der Waals surface area contributed by atoms with E-state index in [4.69, 9.17) is 5.73 Å². The number of hydrogen-bond acceptors (Lipinski definition) is 3. The van der Waals surface area contributed by atoms with Gasteiger partial charge in [-0.2, -0.15) is 0 Å². The molecule has 64 valence electrons. The standard InChI is InChI=1S/C8H15NO2/c1-3-4-5-7(9)8(11)6(2)10/h7H,3-5,9H2,1-2H3. The van der Waals surface area contributed by atoms with Crippen molar-refractivity contribution in [3.63, 3.8) is 0 Å². The lowest BCUT2D eigenvalue weighted by atomic mass is 10.0. The normalized spacial score (nSPS) is 12.6. The first-order valence-electron chi connectivity index (χ1n) is 3.90. The second-order valence-corrected chi connectivity index (χ2v) is 2.67. The zero-order chi connectivity index (χ0) is 8.85. The second-order valence-electron chi connectivity index (χ2n) is 2.67. The van der Waals surface area contributed by atoms with Gasteiger partial charge in [0.25, 0.3) is 0 Å². The number of rotatable bonds is 5. The third-order valence-electron chi connectivity index (χ3n) is 1.55. The molecule has 1 unspecified atom stereocenters. The maximum absolute atomic E-state index is 10.9. The monoisotopic (exact) mass is 157 g/mol. The van der Waals surface area contributed by atoms with Crippen LogP contribution in [0.25, 0.3) is 0 Å². The van der Waals surface area contributed by atoms with Crippen LogP contribution in [0.1, 0.15) is 33.1 Å². The van der Waals surface area contributed by atoms with Gasteiger partial charge in [0.2, 0.25) is 5.78 Å². The molecule has 3 heteroatoms. The number of unbranched alkanes of at least 4 members (excludes halogenated alkanes) is 1. The molecule has 0 amide bonds. The molecule has 0 radical (unpaired) electrons. The van der Waals surface area contributed by atoms with Gasteiger partial charge < -0.3 is 5.73 Å². The van der Waals surface area contributed by atoms with E-state index in [1.54, 1.807) is 0 Å². The molecular formula is C8H15NO2. The molecule has 0 aliphatic carbocycles. The number of hydrogen-bond donors (Lipinski definition) is 1. The number of carbonyl (C=O) groups excluding carboxylic acids is 2. The topological polar surface area (TPSA) is 60.2 Å². The molecule has 0 aliphatic heterocycles. The smallest absolute Gasteiger partial charge is 0.214 e. The Bertz CT molecular complexity index is 154. The Labute approximate surface area is 67.0 Å². The molecule has 11 heavy (non-hydrogen) atoms. The van der Waals surface area contributed by atoms with Crippen LogP contribution in [-0.2, 0) is 9.59 Å². The van der Waals surface area contributed by atoms with Crippen LogP contribution in [0.2, 0.25) is 0 Å². The van der Waals surface area contributed by atoms with Gasteiger partial charge in [-0.25, -0.2) is 0 Å². The van der Waals surface area contributed by atoms with Crippen molar-refractivity contribution in [1.29, 1.82) is 0 Å². The van der Waals surface area contributed by atoms with Crippen molar-refractivity contribution in [3.05, 3.63) is 0 Å². The molecular weight excluding hydrogens is 142 g/mol. The van der Waals surface area contributed by atoms with Gasteiger partial charge in [0, 0.05) is 6.92 Å². The van der Waals surface area contributed by atoms with Gasteiger partial charge in [0.1, 0.15) is 0 Å². The summed E-state index contributed by atoms with van der Waals surface area (Å²) >= 11 is 0. The summed E-state index contributed by atoms with van der Waals surface area (Å²) in [6.07, 6.45) is 2.52.